The van der Waals surface area contributed by atoms with E-state index in [4.69, 9.17) is 4.74 Å². The fourth-order valence-electron chi connectivity index (χ4n) is 2.67. The maximum absolute atomic E-state index is 12.2. The average Bonchev–Trinajstić information content (AvgIpc) is 3.09. The van der Waals surface area contributed by atoms with Gasteiger partial charge in [0, 0.05) is 27.2 Å². The van der Waals surface area contributed by atoms with E-state index >= 15 is 0 Å². The molecule has 0 N–H and O–H groups in total. The number of likely N-dealkylation sites (N-methyl/N-ethyl adjacent to an activating group) is 1. The number of carbonyl (C=O) groups is 1. The molecule has 2 aliphatic rings. The van der Waals surface area contributed by atoms with Gasteiger partial charge in [-0.1, -0.05) is 13.8 Å². The van der Waals surface area contributed by atoms with Crippen LogP contribution in [0.15, 0.2) is 0 Å². The van der Waals surface area contributed by atoms with E-state index in [-0.39, 0.29) is 17.6 Å². The Labute approximate surface area is 104 Å². The molecule has 1 amide bonds. The van der Waals surface area contributed by atoms with Gasteiger partial charge in [0.2, 0.25) is 5.91 Å². The summed E-state index contributed by atoms with van der Waals surface area (Å²) in [4.78, 5) is 16.3. The minimum absolute atomic E-state index is 0.194. The molecule has 98 valence electrons. The van der Waals surface area contributed by atoms with Gasteiger partial charge in [0.25, 0.3) is 0 Å². The van der Waals surface area contributed by atoms with Crippen molar-refractivity contribution < 1.29 is 9.53 Å². The highest BCUT2D eigenvalue weighted by Crippen LogP contribution is 2.44. The minimum Gasteiger partial charge on any atom is -0.375 e. The largest absolute Gasteiger partial charge is 0.375 e. The minimum atomic E-state index is -0.194. The predicted molar refractivity (Wildman–Crippen MR) is 66.8 cm³/mol. The molecule has 4 nitrogen and oxygen atoms in total. The number of hydrogen-bond acceptors (Lipinski definition) is 3. The Kier molecular flexibility index (Phi) is 3.46. The second kappa shape index (κ2) is 4.58. The lowest BCUT2D eigenvalue weighted by Crippen LogP contribution is -2.55. The Hall–Kier alpha value is -0.610. The Morgan fingerprint density at radius 3 is 2.53 bits per heavy atom. The molecule has 2 fully saturated rings. The van der Waals surface area contributed by atoms with E-state index in [9.17, 15) is 4.79 Å². The quantitative estimate of drug-likeness (QED) is 0.737. The van der Waals surface area contributed by atoms with Gasteiger partial charge in [-0.25, -0.2) is 0 Å². The van der Waals surface area contributed by atoms with Gasteiger partial charge < -0.3 is 9.64 Å². The zero-order valence-corrected chi connectivity index (χ0v) is 11.4. The fraction of sp³-hybridized carbons (Fsp3) is 0.923. The summed E-state index contributed by atoms with van der Waals surface area (Å²) in [5, 5.41) is 0. The summed E-state index contributed by atoms with van der Waals surface area (Å²) in [6.45, 7) is 6.91. The number of carbonyl (C=O) groups excluding carboxylic acids is 1. The number of amides is 1. The number of rotatable bonds is 3. The van der Waals surface area contributed by atoms with E-state index in [0.29, 0.717) is 5.92 Å². The SMILES string of the molecule is CC(C)C1CN(C2(C(=O)N(C)C)CC2)CCO1. The molecule has 1 aliphatic heterocycles. The first kappa shape index (κ1) is 12.8. The molecule has 1 saturated heterocycles. The second-order valence-electron chi connectivity index (χ2n) is 5.83. The number of nitrogens with zero attached hydrogens (tertiary/aromatic N) is 2. The Bertz CT molecular complexity index is 298. The van der Waals surface area contributed by atoms with Gasteiger partial charge in [-0.3, -0.25) is 9.69 Å². The lowest BCUT2D eigenvalue weighted by Gasteiger charge is -2.40. The third-order valence-electron chi connectivity index (χ3n) is 3.97. The van der Waals surface area contributed by atoms with Crippen LogP contribution in [0.3, 0.4) is 0 Å². The molecule has 0 bridgehead atoms. The van der Waals surface area contributed by atoms with Gasteiger partial charge in [-0.05, 0) is 18.8 Å². The monoisotopic (exact) mass is 240 g/mol. The van der Waals surface area contributed by atoms with Crippen molar-refractivity contribution in [3.63, 3.8) is 0 Å². The van der Waals surface area contributed by atoms with Gasteiger partial charge in [-0.15, -0.1) is 0 Å². The maximum atomic E-state index is 12.2. The Morgan fingerprint density at radius 1 is 1.41 bits per heavy atom. The van der Waals surface area contributed by atoms with Crippen molar-refractivity contribution in [1.29, 1.82) is 0 Å². The highest BCUT2D eigenvalue weighted by molar-refractivity contribution is 5.89. The number of ether oxygens (including phenoxy) is 1. The van der Waals surface area contributed by atoms with Crippen molar-refractivity contribution in [2.45, 2.75) is 38.3 Å². The molecular formula is C13H24N2O2. The van der Waals surface area contributed by atoms with Crippen molar-refractivity contribution in [3.05, 3.63) is 0 Å². The van der Waals surface area contributed by atoms with Gasteiger partial charge in [0.05, 0.1) is 12.7 Å². The van der Waals surface area contributed by atoms with Crippen LogP contribution in [0.4, 0.5) is 0 Å². The summed E-state index contributed by atoms with van der Waals surface area (Å²) in [6.07, 6.45) is 2.29. The van der Waals surface area contributed by atoms with E-state index in [1.165, 1.54) is 0 Å². The number of hydrogen-bond donors (Lipinski definition) is 0. The lowest BCUT2D eigenvalue weighted by molar-refractivity contribution is -0.141. The lowest BCUT2D eigenvalue weighted by atomic mass is 10.0. The van der Waals surface area contributed by atoms with Gasteiger partial charge >= 0.3 is 0 Å². The summed E-state index contributed by atoms with van der Waals surface area (Å²) >= 11 is 0. The summed E-state index contributed by atoms with van der Waals surface area (Å²) in [5.74, 6) is 0.782. The van der Waals surface area contributed by atoms with Crippen LogP contribution in [0, 0.1) is 5.92 Å². The zero-order valence-electron chi connectivity index (χ0n) is 11.4. The van der Waals surface area contributed by atoms with Crippen molar-refractivity contribution in [1.82, 2.24) is 9.80 Å². The summed E-state index contributed by atoms with van der Waals surface area (Å²) in [7, 11) is 3.70. The maximum Gasteiger partial charge on any atom is 0.242 e. The number of morpholine rings is 1. The first-order chi connectivity index (χ1) is 7.97. The first-order valence-corrected chi connectivity index (χ1v) is 6.56. The van der Waals surface area contributed by atoms with Crippen LogP contribution in [-0.4, -0.2) is 61.1 Å². The van der Waals surface area contributed by atoms with Crippen molar-refractivity contribution in [3.8, 4) is 0 Å². The third-order valence-corrected chi connectivity index (χ3v) is 3.97. The standard InChI is InChI=1S/C13H24N2O2/c1-10(2)11-9-15(7-8-17-11)13(5-6-13)12(16)14(3)4/h10-11H,5-9H2,1-4H3. The van der Waals surface area contributed by atoms with E-state index in [1.54, 1.807) is 4.90 Å². The third kappa shape index (κ3) is 2.33. The van der Waals surface area contributed by atoms with Crippen LogP contribution in [0.2, 0.25) is 0 Å². The molecule has 0 aromatic rings. The average molecular weight is 240 g/mol. The molecule has 0 aromatic heterocycles. The van der Waals surface area contributed by atoms with Crippen LogP contribution in [0.1, 0.15) is 26.7 Å². The molecular weight excluding hydrogens is 216 g/mol. The predicted octanol–water partition coefficient (Wildman–Crippen LogP) is 0.964. The van der Waals surface area contributed by atoms with Gasteiger partial charge in [0.1, 0.15) is 5.54 Å². The van der Waals surface area contributed by atoms with Gasteiger partial charge in [0.15, 0.2) is 0 Å². The molecule has 1 heterocycles. The van der Waals surface area contributed by atoms with Crippen LogP contribution < -0.4 is 0 Å². The van der Waals surface area contributed by atoms with Crippen LogP contribution >= 0.6 is 0 Å². The van der Waals surface area contributed by atoms with Crippen molar-refractivity contribution in [2.75, 3.05) is 33.8 Å². The smallest absolute Gasteiger partial charge is 0.242 e. The summed E-state index contributed by atoms with van der Waals surface area (Å²) < 4.78 is 5.77. The molecule has 0 aromatic carbocycles. The fourth-order valence-corrected chi connectivity index (χ4v) is 2.67. The zero-order chi connectivity index (χ0) is 12.6. The second-order valence-corrected chi connectivity index (χ2v) is 5.83. The molecule has 1 atom stereocenters. The van der Waals surface area contributed by atoms with Gasteiger partial charge in [-0.2, -0.15) is 0 Å². The van der Waals surface area contributed by atoms with E-state index in [1.807, 2.05) is 14.1 Å². The van der Waals surface area contributed by atoms with Crippen molar-refractivity contribution >= 4 is 5.91 Å². The Morgan fingerprint density at radius 2 is 2.06 bits per heavy atom. The van der Waals surface area contributed by atoms with E-state index in [2.05, 4.69) is 18.7 Å². The highest BCUT2D eigenvalue weighted by atomic mass is 16.5. The van der Waals surface area contributed by atoms with Crippen LogP contribution in [0.25, 0.3) is 0 Å². The molecule has 1 unspecified atom stereocenters. The van der Waals surface area contributed by atoms with Crippen molar-refractivity contribution in [2.24, 2.45) is 5.92 Å². The Balaban J connectivity index is 2.04. The summed E-state index contributed by atoms with van der Waals surface area (Å²) in [5.41, 5.74) is -0.194. The normalized spacial score (nSPS) is 28.2. The molecule has 1 aliphatic carbocycles. The molecule has 0 spiro atoms. The highest BCUT2D eigenvalue weighted by Gasteiger charge is 2.56. The van der Waals surface area contributed by atoms with E-state index < -0.39 is 0 Å². The topological polar surface area (TPSA) is 32.8 Å². The van der Waals surface area contributed by atoms with Crippen LogP contribution in [0.5, 0.6) is 0 Å². The molecule has 0 radical (unpaired) electrons. The first-order valence-electron chi connectivity index (χ1n) is 6.56. The molecule has 1 saturated carbocycles. The summed E-state index contributed by atoms with van der Waals surface area (Å²) in [6, 6.07) is 0. The van der Waals surface area contributed by atoms with E-state index in [0.717, 1.165) is 32.5 Å². The van der Waals surface area contributed by atoms with Crippen LogP contribution in [-0.2, 0) is 9.53 Å². The molecule has 4 heteroatoms. The molecule has 2 rings (SSSR count). The molecule has 17 heavy (non-hydrogen) atoms.